The van der Waals surface area contributed by atoms with Gasteiger partial charge in [0, 0.05) is 10.0 Å². The summed E-state index contributed by atoms with van der Waals surface area (Å²) in [5.74, 6) is 2.96. The molecule has 1 atom stereocenters. The van der Waals surface area contributed by atoms with Gasteiger partial charge in [0.15, 0.2) is 0 Å². The van der Waals surface area contributed by atoms with E-state index in [2.05, 4.69) is 41.4 Å². The molecular weight excluding hydrogens is 224 g/mol. The van der Waals surface area contributed by atoms with Crippen molar-refractivity contribution in [2.45, 2.75) is 12.8 Å². The average molecular weight is 235 g/mol. The van der Waals surface area contributed by atoms with Crippen molar-refractivity contribution < 1.29 is 0 Å². The highest BCUT2D eigenvalue weighted by molar-refractivity contribution is 9.10. The van der Waals surface area contributed by atoms with Crippen LogP contribution in [0.1, 0.15) is 24.0 Å². The van der Waals surface area contributed by atoms with E-state index in [1.54, 1.807) is 0 Å². The maximum atomic E-state index is 5.36. The fourth-order valence-electron chi connectivity index (χ4n) is 1.14. The normalized spacial score (nSPS) is 11.8. The molecule has 1 aromatic rings. The molecule has 0 spiro atoms. The van der Waals surface area contributed by atoms with Crippen LogP contribution >= 0.6 is 15.9 Å². The molecule has 0 saturated heterocycles. The monoisotopic (exact) mass is 234 g/mol. The van der Waals surface area contributed by atoms with E-state index < -0.39 is 0 Å². The van der Waals surface area contributed by atoms with Gasteiger partial charge < -0.3 is 0 Å². The summed E-state index contributed by atoms with van der Waals surface area (Å²) in [5, 5.41) is 0. The number of benzene rings is 1. The third-order valence-electron chi connectivity index (χ3n) is 2.03. The summed E-state index contributed by atoms with van der Waals surface area (Å²) >= 11 is 3.49. The van der Waals surface area contributed by atoms with Crippen molar-refractivity contribution in [2.75, 3.05) is 0 Å². The topological polar surface area (TPSA) is 0 Å². The Hall–Kier alpha value is -1.00. The number of hydrogen-bond acceptors (Lipinski definition) is 0. The first-order chi connectivity index (χ1) is 6.20. The van der Waals surface area contributed by atoms with Gasteiger partial charge >= 0.3 is 0 Å². The second-order valence-electron chi connectivity index (χ2n) is 2.88. The number of halogens is 1. The van der Waals surface area contributed by atoms with Gasteiger partial charge in [-0.05, 0) is 33.5 Å². The number of hydrogen-bond donors (Lipinski definition) is 0. The zero-order valence-corrected chi connectivity index (χ0v) is 9.14. The van der Waals surface area contributed by atoms with Crippen LogP contribution in [0, 0.1) is 12.3 Å². The molecule has 13 heavy (non-hydrogen) atoms. The first-order valence-electron chi connectivity index (χ1n) is 4.08. The minimum Gasteiger partial charge on any atom is -0.115 e. The lowest BCUT2D eigenvalue weighted by molar-refractivity contribution is 0.962. The first-order valence-corrected chi connectivity index (χ1v) is 4.87. The van der Waals surface area contributed by atoms with E-state index in [-0.39, 0.29) is 0 Å². The Morgan fingerprint density at radius 2 is 2.31 bits per heavy atom. The van der Waals surface area contributed by atoms with Crippen LogP contribution in [0.25, 0.3) is 0 Å². The summed E-state index contributed by atoms with van der Waals surface area (Å²) in [7, 11) is 0. The second kappa shape index (κ2) is 4.30. The Bertz CT molecular complexity index is 358. The van der Waals surface area contributed by atoms with Gasteiger partial charge in [0.1, 0.15) is 0 Å². The SMILES string of the molecule is C#Cc1cccc(C(C)C=C)c1Br. The molecule has 0 saturated carbocycles. The summed E-state index contributed by atoms with van der Waals surface area (Å²) in [6.45, 7) is 5.85. The van der Waals surface area contributed by atoms with E-state index in [9.17, 15) is 0 Å². The van der Waals surface area contributed by atoms with Crippen LogP contribution < -0.4 is 0 Å². The summed E-state index contributed by atoms with van der Waals surface area (Å²) in [5.41, 5.74) is 2.08. The molecule has 0 fully saturated rings. The van der Waals surface area contributed by atoms with E-state index in [0.29, 0.717) is 5.92 Å². The van der Waals surface area contributed by atoms with E-state index in [4.69, 9.17) is 6.42 Å². The van der Waals surface area contributed by atoms with E-state index in [0.717, 1.165) is 10.0 Å². The van der Waals surface area contributed by atoms with Gasteiger partial charge in [-0.25, -0.2) is 0 Å². The van der Waals surface area contributed by atoms with Crippen LogP contribution in [0.2, 0.25) is 0 Å². The predicted octanol–water partition coefficient (Wildman–Crippen LogP) is 3.72. The van der Waals surface area contributed by atoms with Gasteiger partial charge in [-0.2, -0.15) is 0 Å². The average Bonchev–Trinajstić information content (AvgIpc) is 2.17. The van der Waals surface area contributed by atoms with Gasteiger partial charge in [-0.15, -0.1) is 13.0 Å². The van der Waals surface area contributed by atoms with Crippen molar-refractivity contribution in [1.29, 1.82) is 0 Å². The molecule has 1 rings (SSSR count). The van der Waals surface area contributed by atoms with Crippen molar-refractivity contribution in [3.05, 3.63) is 46.5 Å². The fourth-order valence-corrected chi connectivity index (χ4v) is 1.88. The molecule has 0 N–H and O–H groups in total. The fraction of sp³-hybridized carbons (Fsp3) is 0.167. The zero-order chi connectivity index (χ0) is 9.84. The minimum absolute atomic E-state index is 0.322. The lowest BCUT2D eigenvalue weighted by Gasteiger charge is -2.09. The lowest BCUT2D eigenvalue weighted by atomic mass is 9.99. The molecule has 0 aliphatic rings. The van der Waals surface area contributed by atoms with Crippen molar-refractivity contribution in [1.82, 2.24) is 0 Å². The highest BCUT2D eigenvalue weighted by atomic mass is 79.9. The molecule has 0 radical (unpaired) electrons. The summed E-state index contributed by atoms with van der Waals surface area (Å²) in [6.07, 6.45) is 7.26. The Kier molecular flexibility index (Phi) is 3.33. The highest BCUT2D eigenvalue weighted by Crippen LogP contribution is 2.28. The summed E-state index contributed by atoms with van der Waals surface area (Å²) in [6, 6.07) is 5.94. The van der Waals surface area contributed by atoms with E-state index >= 15 is 0 Å². The Morgan fingerprint density at radius 1 is 1.62 bits per heavy atom. The number of rotatable bonds is 2. The number of allylic oxidation sites excluding steroid dienone is 1. The molecule has 0 aliphatic heterocycles. The first kappa shape index (κ1) is 10.1. The Balaban J connectivity index is 3.25. The van der Waals surface area contributed by atoms with Gasteiger partial charge in [-0.1, -0.05) is 31.1 Å². The third-order valence-corrected chi connectivity index (χ3v) is 2.91. The smallest absolute Gasteiger partial charge is 0.0387 e. The van der Waals surface area contributed by atoms with Crippen LogP contribution in [-0.4, -0.2) is 0 Å². The molecule has 1 aromatic carbocycles. The largest absolute Gasteiger partial charge is 0.115 e. The molecular formula is C12H11Br. The van der Waals surface area contributed by atoms with Crippen molar-refractivity contribution in [2.24, 2.45) is 0 Å². The molecule has 0 aliphatic carbocycles. The Morgan fingerprint density at radius 3 is 2.85 bits per heavy atom. The maximum absolute atomic E-state index is 5.36. The van der Waals surface area contributed by atoms with Crippen molar-refractivity contribution in [3.63, 3.8) is 0 Å². The molecule has 0 bridgehead atoms. The van der Waals surface area contributed by atoms with Crippen LogP contribution in [0.5, 0.6) is 0 Å². The minimum atomic E-state index is 0.322. The van der Waals surface area contributed by atoms with Gasteiger partial charge in [0.2, 0.25) is 0 Å². The molecule has 0 aromatic heterocycles. The quantitative estimate of drug-likeness (QED) is 0.541. The predicted molar refractivity (Wildman–Crippen MR) is 60.7 cm³/mol. The van der Waals surface area contributed by atoms with Crippen LogP contribution in [0.4, 0.5) is 0 Å². The van der Waals surface area contributed by atoms with Crippen molar-refractivity contribution in [3.8, 4) is 12.3 Å². The third kappa shape index (κ3) is 2.02. The zero-order valence-electron chi connectivity index (χ0n) is 7.55. The van der Waals surface area contributed by atoms with Gasteiger partial charge in [0.25, 0.3) is 0 Å². The van der Waals surface area contributed by atoms with E-state index in [1.165, 1.54) is 5.56 Å². The molecule has 66 valence electrons. The van der Waals surface area contributed by atoms with Crippen molar-refractivity contribution >= 4 is 15.9 Å². The van der Waals surface area contributed by atoms with E-state index in [1.807, 2.05) is 18.2 Å². The van der Waals surface area contributed by atoms with Gasteiger partial charge in [-0.3, -0.25) is 0 Å². The molecule has 1 unspecified atom stereocenters. The summed E-state index contributed by atoms with van der Waals surface area (Å²) in [4.78, 5) is 0. The highest BCUT2D eigenvalue weighted by Gasteiger charge is 2.07. The Labute approximate surface area is 87.8 Å². The molecule has 0 amide bonds. The van der Waals surface area contributed by atoms with Crippen LogP contribution in [-0.2, 0) is 0 Å². The lowest BCUT2D eigenvalue weighted by Crippen LogP contribution is -1.92. The molecule has 0 nitrogen and oxygen atoms in total. The standard InChI is InChI=1S/C12H11Br/c1-4-9(3)11-8-6-7-10(5-2)12(11)13/h2,4,6-9H,1H2,3H3. The van der Waals surface area contributed by atoms with Gasteiger partial charge in [0.05, 0.1) is 0 Å². The summed E-state index contributed by atoms with van der Waals surface area (Å²) < 4.78 is 1.00. The molecule has 0 heterocycles. The molecule has 1 heteroatoms. The van der Waals surface area contributed by atoms with Crippen LogP contribution in [0.3, 0.4) is 0 Å². The van der Waals surface area contributed by atoms with Crippen LogP contribution in [0.15, 0.2) is 35.3 Å². The maximum Gasteiger partial charge on any atom is 0.0387 e. The second-order valence-corrected chi connectivity index (χ2v) is 3.67. The number of terminal acetylenes is 1.